The van der Waals surface area contributed by atoms with E-state index in [0.29, 0.717) is 12.5 Å². The van der Waals surface area contributed by atoms with Crippen LogP contribution in [-0.2, 0) is 9.47 Å². The van der Waals surface area contributed by atoms with Crippen LogP contribution in [0, 0.1) is 5.92 Å². The Morgan fingerprint density at radius 3 is 2.87 bits per heavy atom. The van der Waals surface area contributed by atoms with Crippen molar-refractivity contribution in [1.82, 2.24) is 10.6 Å². The fraction of sp³-hybridized carbons (Fsp3) is 0.941. The van der Waals surface area contributed by atoms with Gasteiger partial charge in [-0.15, -0.1) is 0 Å². The van der Waals surface area contributed by atoms with Crippen molar-refractivity contribution in [2.45, 2.75) is 51.0 Å². The molecule has 0 radical (unpaired) electrons. The van der Waals surface area contributed by atoms with Gasteiger partial charge >= 0.3 is 0 Å². The average Bonchev–Trinajstić information content (AvgIpc) is 3.20. The highest BCUT2D eigenvalue weighted by molar-refractivity contribution is 5.79. The first-order valence-corrected chi connectivity index (χ1v) is 9.12. The molecular weight excluding hydrogens is 294 g/mol. The lowest BCUT2D eigenvalue weighted by Crippen LogP contribution is -2.40. The maximum Gasteiger partial charge on any atom is 0.191 e. The third-order valence-corrected chi connectivity index (χ3v) is 4.55. The molecule has 134 valence electrons. The second-order valence-electron chi connectivity index (χ2n) is 6.71. The number of nitrogens with zero attached hydrogens (tertiary/aromatic N) is 1. The SMILES string of the molecule is CCNC(=NCC1(O)CCCC1)NCCCOCC1CCOC1. The van der Waals surface area contributed by atoms with Gasteiger partial charge in [0.1, 0.15) is 0 Å². The first-order valence-electron chi connectivity index (χ1n) is 9.12. The topological polar surface area (TPSA) is 75.1 Å². The third kappa shape index (κ3) is 7.06. The molecule has 1 aliphatic heterocycles. The molecule has 3 N–H and O–H groups in total. The predicted octanol–water partition coefficient (Wildman–Crippen LogP) is 1.29. The van der Waals surface area contributed by atoms with Gasteiger partial charge in [-0.3, -0.25) is 4.99 Å². The Labute approximate surface area is 140 Å². The summed E-state index contributed by atoms with van der Waals surface area (Å²) in [7, 11) is 0. The summed E-state index contributed by atoms with van der Waals surface area (Å²) in [5, 5.41) is 16.9. The molecule has 0 amide bonds. The zero-order chi connectivity index (χ0) is 16.4. The van der Waals surface area contributed by atoms with Gasteiger partial charge in [0.05, 0.1) is 25.4 Å². The summed E-state index contributed by atoms with van der Waals surface area (Å²) in [4.78, 5) is 4.54. The van der Waals surface area contributed by atoms with Gasteiger partial charge in [0.15, 0.2) is 5.96 Å². The maximum absolute atomic E-state index is 10.4. The minimum Gasteiger partial charge on any atom is -0.388 e. The second-order valence-corrected chi connectivity index (χ2v) is 6.71. The van der Waals surface area contributed by atoms with Crippen molar-refractivity contribution >= 4 is 5.96 Å². The highest BCUT2D eigenvalue weighted by Crippen LogP contribution is 2.29. The normalized spacial score (nSPS) is 24.1. The Morgan fingerprint density at radius 1 is 1.35 bits per heavy atom. The number of hydrogen-bond acceptors (Lipinski definition) is 4. The van der Waals surface area contributed by atoms with Crippen molar-refractivity contribution in [2.75, 3.05) is 46.1 Å². The molecule has 0 aromatic carbocycles. The van der Waals surface area contributed by atoms with Crippen molar-refractivity contribution < 1.29 is 14.6 Å². The van der Waals surface area contributed by atoms with Gasteiger partial charge in [-0.2, -0.15) is 0 Å². The molecule has 1 atom stereocenters. The zero-order valence-electron chi connectivity index (χ0n) is 14.5. The fourth-order valence-corrected chi connectivity index (χ4v) is 3.10. The van der Waals surface area contributed by atoms with Crippen molar-refractivity contribution in [2.24, 2.45) is 10.9 Å². The molecule has 6 nitrogen and oxygen atoms in total. The monoisotopic (exact) mass is 327 g/mol. The minimum atomic E-state index is -0.588. The van der Waals surface area contributed by atoms with Gasteiger partial charge in [-0.1, -0.05) is 12.8 Å². The van der Waals surface area contributed by atoms with Crippen LogP contribution in [0.2, 0.25) is 0 Å². The van der Waals surface area contributed by atoms with Crippen LogP contribution in [-0.4, -0.2) is 62.7 Å². The largest absolute Gasteiger partial charge is 0.388 e. The lowest BCUT2D eigenvalue weighted by atomic mass is 10.0. The maximum atomic E-state index is 10.4. The van der Waals surface area contributed by atoms with Gasteiger partial charge in [0, 0.05) is 32.2 Å². The Balaban J connectivity index is 1.57. The molecule has 6 heteroatoms. The van der Waals surface area contributed by atoms with E-state index in [1.165, 1.54) is 0 Å². The van der Waals surface area contributed by atoms with Crippen LogP contribution in [0.1, 0.15) is 45.4 Å². The number of hydrogen-bond donors (Lipinski definition) is 3. The predicted molar refractivity (Wildman–Crippen MR) is 91.8 cm³/mol. The molecule has 1 saturated carbocycles. The van der Waals surface area contributed by atoms with Crippen LogP contribution in [0.3, 0.4) is 0 Å². The Kier molecular flexibility index (Phi) is 8.12. The van der Waals surface area contributed by atoms with E-state index in [-0.39, 0.29) is 0 Å². The number of aliphatic imine (C=N–C) groups is 1. The molecular formula is C17H33N3O3. The van der Waals surface area contributed by atoms with E-state index in [0.717, 1.165) is 84.0 Å². The Bertz CT molecular complexity index is 351. The van der Waals surface area contributed by atoms with E-state index in [9.17, 15) is 5.11 Å². The minimum absolute atomic E-state index is 0.487. The van der Waals surface area contributed by atoms with E-state index in [1.54, 1.807) is 0 Å². The first-order chi connectivity index (χ1) is 11.2. The highest BCUT2D eigenvalue weighted by atomic mass is 16.5. The summed E-state index contributed by atoms with van der Waals surface area (Å²) in [5.41, 5.74) is -0.588. The average molecular weight is 327 g/mol. The van der Waals surface area contributed by atoms with E-state index < -0.39 is 5.60 Å². The molecule has 1 aliphatic carbocycles. The molecule has 1 unspecified atom stereocenters. The van der Waals surface area contributed by atoms with Gasteiger partial charge in [0.25, 0.3) is 0 Å². The van der Waals surface area contributed by atoms with E-state index in [4.69, 9.17) is 9.47 Å². The van der Waals surface area contributed by atoms with Gasteiger partial charge < -0.3 is 25.2 Å². The van der Waals surface area contributed by atoms with Crippen LogP contribution >= 0.6 is 0 Å². The summed E-state index contributed by atoms with van der Waals surface area (Å²) >= 11 is 0. The third-order valence-electron chi connectivity index (χ3n) is 4.55. The van der Waals surface area contributed by atoms with Crippen LogP contribution in [0.4, 0.5) is 0 Å². The highest BCUT2D eigenvalue weighted by Gasteiger charge is 2.30. The molecule has 2 aliphatic rings. The van der Waals surface area contributed by atoms with Crippen LogP contribution in [0.5, 0.6) is 0 Å². The quantitative estimate of drug-likeness (QED) is 0.338. The summed E-state index contributed by atoms with van der Waals surface area (Å²) in [6.07, 6.45) is 6.03. The number of guanidine groups is 1. The van der Waals surface area contributed by atoms with Gasteiger partial charge in [0.2, 0.25) is 0 Å². The van der Waals surface area contributed by atoms with Crippen LogP contribution in [0.15, 0.2) is 4.99 Å². The van der Waals surface area contributed by atoms with Crippen LogP contribution in [0.25, 0.3) is 0 Å². The van der Waals surface area contributed by atoms with Gasteiger partial charge in [-0.05, 0) is 32.6 Å². The van der Waals surface area contributed by atoms with E-state index in [1.807, 2.05) is 6.92 Å². The summed E-state index contributed by atoms with van der Waals surface area (Å²) in [6.45, 7) is 7.47. The molecule has 0 spiro atoms. The molecule has 2 rings (SSSR count). The fourth-order valence-electron chi connectivity index (χ4n) is 3.10. The first kappa shape index (κ1) is 18.5. The number of ether oxygens (including phenoxy) is 2. The summed E-state index contributed by atoms with van der Waals surface area (Å²) in [5.74, 6) is 1.37. The molecule has 1 saturated heterocycles. The molecule has 23 heavy (non-hydrogen) atoms. The molecule has 0 aromatic heterocycles. The molecule has 1 heterocycles. The van der Waals surface area contributed by atoms with Crippen molar-refractivity contribution in [3.63, 3.8) is 0 Å². The lowest BCUT2D eigenvalue weighted by molar-refractivity contribution is 0.0574. The van der Waals surface area contributed by atoms with Gasteiger partial charge in [-0.25, -0.2) is 0 Å². The molecule has 0 aromatic rings. The number of aliphatic hydroxyl groups is 1. The van der Waals surface area contributed by atoms with E-state index >= 15 is 0 Å². The standard InChI is InChI=1S/C17H33N3O3/c1-2-18-16(20-14-17(21)7-3-4-8-17)19-9-5-10-22-12-15-6-11-23-13-15/h15,21H,2-14H2,1H3,(H2,18,19,20). The van der Waals surface area contributed by atoms with Crippen LogP contribution < -0.4 is 10.6 Å². The molecule has 0 bridgehead atoms. The van der Waals surface area contributed by atoms with Crippen molar-refractivity contribution in [3.05, 3.63) is 0 Å². The van der Waals surface area contributed by atoms with Crippen molar-refractivity contribution in [3.8, 4) is 0 Å². The molecule has 2 fully saturated rings. The Morgan fingerprint density at radius 2 is 2.17 bits per heavy atom. The number of nitrogens with one attached hydrogen (secondary N) is 2. The Hall–Kier alpha value is -0.850. The zero-order valence-corrected chi connectivity index (χ0v) is 14.5. The van der Waals surface area contributed by atoms with E-state index in [2.05, 4.69) is 15.6 Å². The summed E-state index contributed by atoms with van der Waals surface area (Å²) in [6, 6.07) is 0. The van der Waals surface area contributed by atoms with Crippen molar-refractivity contribution in [1.29, 1.82) is 0 Å². The lowest BCUT2D eigenvalue weighted by Gasteiger charge is -2.20. The number of rotatable bonds is 9. The second kappa shape index (κ2) is 10.1. The summed E-state index contributed by atoms with van der Waals surface area (Å²) < 4.78 is 11.0. The smallest absolute Gasteiger partial charge is 0.191 e.